The summed E-state index contributed by atoms with van der Waals surface area (Å²) >= 11 is 5.54. The molecule has 3 nitrogen and oxygen atoms in total. The van der Waals surface area contributed by atoms with Gasteiger partial charge < -0.3 is 15.5 Å². The van der Waals surface area contributed by atoms with Crippen molar-refractivity contribution in [1.29, 1.82) is 0 Å². The van der Waals surface area contributed by atoms with Crippen LogP contribution in [-0.2, 0) is 0 Å². The maximum absolute atomic E-state index is 5.54. The van der Waals surface area contributed by atoms with E-state index in [2.05, 4.69) is 48.7 Å². The first-order valence-corrected chi connectivity index (χ1v) is 9.56. The zero-order chi connectivity index (χ0) is 16.2. The number of piperidine rings is 2. The average molecular weight is 333 g/mol. The van der Waals surface area contributed by atoms with Crippen LogP contribution in [0.25, 0.3) is 0 Å². The summed E-state index contributed by atoms with van der Waals surface area (Å²) in [6.45, 7) is 5.76. The van der Waals surface area contributed by atoms with Gasteiger partial charge in [-0.15, -0.1) is 0 Å². The molecule has 2 aliphatic rings. The fraction of sp³-hybridized carbons (Fsp3) is 0.632. The molecule has 3 rings (SSSR count). The third kappa shape index (κ3) is 4.24. The van der Waals surface area contributed by atoms with Crippen LogP contribution in [0.5, 0.6) is 0 Å². The van der Waals surface area contributed by atoms with Gasteiger partial charge in [-0.3, -0.25) is 0 Å². The van der Waals surface area contributed by atoms with E-state index >= 15 is 0 Å². The number of anilines is 1. The molecule has 2 saturated heterocycles. The van der Waals surface area contributed by atoms with Crippen molar-refractivity contribution in [3.8, 4) is 0 Å². The highest BCUT2D eigenvalue weighted by molar-refractivity contribution is 7.80. The number of aryl methyl sites for hydroxylation is 1. The van der Waals surface area contributed by atoms with Gasteiger partial charge >= 0.3 is 0 Å². The Kier molecular flexibility index (Phi) is 5.54. The Hall–Kier alpha value is -1.13. The van der Waals surface area contributed by atoms with Crippen molar-refractivity contribution >= 4 is 23.0 Å². The Balaban J connectivity index is 1.55. The van der Waals surface area contributed by atoms with E-state index in [9.17, 15) is 0 Å². The van der Waals surface area contributed by atoms with E-state index in [4.69, 9.17) is 12.2 Å². The molecule has 0 spiro atoms. The first kappa shape index (κ1) is 16.7. The highest BCUT2D eigenvalue weighted by Crippen LogP contribution is 2.22. The number of benzene rings is 1. The minimum absolute atomic E-state index is 0.538. The summed E-state index contributed by atoms with van der Waals surface area (Å²) in [4.78, 5) is 1.87. The molecule has 0 aliphatic carbocycles. The minimum Gasteiger partial charge on any atom is -0.359 e. The fourth-order valence-electron chi connectivity index (χ4n) is 4.53. The van der Waals surface area contributed by atoms with Gasteiger partial charge in [0.25, 0.3) is 0 Å². The molecule has 2 aliphatic heterocycles. The molecule has 0 saturated carbocycles. The quantitative estimate of drug-likeness (QED) is 0.741. The summed E-state index contributed by atoms with van der Waals surface area (Å²) in [5, 5.41) is 7.71. The Morgan fingerprint density at radius 3 is 2.65 bits per heavy atom. The van der Waals surface area contributed by atoms with Crippen molar-refractivity contribution in [2.75, 3.05) is 11.9 Å². The van der Waals surface area contributed by atoms with Crippen LogP contribution in [0.2, 0.25) is 0 Å². The van der Waals surface area contributed by atoms with Crippen LogP contribution in [0, 0.1) is 6.92 Å². The van der Waals surface area contributed by atoms with E-state index in [0.717, 1.165) is 22.9 Å². The summed E-state index contributed by atoms with van der Waals surface area (Å²) in [6.07, 6.45) is 8.03. The van der Waals surface area contributed by atoms with Gasteiger partial charge in [-0.2, -0.15) is 0 Å². The number of rotatable bonds is 4. The van der Waals surface area contributed by atoms with Crippen LogP contribution in [0.15, 0.2) is 24.3 Å². The lowest BCUT2D eigenvalue weighted by atomic mass is 9.81. The molecule has 1 aromatic carbocycles. The molecule has 0 radical (unpaired) electrons. The van der Waals surface area contributed by atoms with Gasteiger partial charge in [0.1, 0.15) is 0 Å². The molecule has 2 bridgehead atoms. The van der Waals surface area contributed by atoms with E-state index in [-0.39, 0.29) is 0 Å². The lowest BCUT2D eigenvalue weighted by molar-refractivity contribution is -0.961. The van der Waals surface area contributed by atoms with Crippen LogP contribution in [0.1, 0.15) is 51.0 Å². The molecular weight excluding hydrogens is 302 g/mol. The smallest absolute Gasteiger partial charge is 0.171 e. The molecule has 0 amide bonds. The van der Waals surface area contributed by atoms with Crippen LogP contribution >= 0.6 is 12.2 Å². The normalized spacial score (nSPS) is 29.8. The van der Waals surface area contributed by atoms with Crippen molar-refractivity contribution < 1.29 is 4.90 Å². The lowest BCUT2D eigenvalue weighted by Crippen LogP contribution is -3.21. The van der Waals surface area contributed by atoms with Gasteiger partial charge in [0, 0.05) is 24.6 Å². The van der Waals surface area contributed by atoms with Crippen LogP contribution in [-0.4, -0.2) is 29.8 Å². The van der Waals surface area contributed by atoms with Crippen molar-refractivity contribution in [3.63, 3.8) is 0 Å². The van der Waals surface area contributed by atoms with Crippen LogP contribution in [0.3, 0.4) is 0 Å². The van der Waals surface area contributed by atoms with Gasteiger partial charge in [0.05, 0.1) is 18.6 Å². The Morgan fingerprint density at radius 2 is 2.00 bits per heavy atom. The maximum Gasteiger partial charge on any atom is 0.171 e. The molecule has 2 heterocycles. The van der Waals surface area contributed by atoms with Crippen molar-refractivity contribution in [1.82, 2.24) is 5.32 Å². The fourth-order valence-corrected chi connectivity index (χ4v) is 4.81. The maximum atomic E-state index is 5.54. The van der Waals surface area contributed by atoms with Crippen molar-refractivity contribution in [2.45, 2.75) is 70.5 Å². The van der Waals surface area contributed by atoms with Crippen molar-refractivity contribution in [2.24, 2.45) is 0 Å². The van der Waals surface area contributed by atoms with E-state index < -0.39 is 0 Å². The predicted molar refractivity (Wildman–Crippen MR) is 101 cm³/mol. The van der Waals surface area contributed by atoms with Gasteiger partial charge in [-0.25, -0.2) is 0 Å². The number of thiocarbonyl (C=S) groups is 1. The molecule has 126 valence electrons. The molecule has 0 aromatic heterocycles. The molecule has 4 heteroatoms. The summed E-state index contributed by atoms with van der Waals surface area (Å²) in [7, 11) is 0. The zero-order valence-electron chi connectivity index (χ0n) is 14.4. The number of hydrogen-bond donors (Lipinski definition) is 3. The second kappa shape index (κ2) is 7.63. The highest BCUT2D eigenvalue weighted by atomic mass is 32.1. The van der Waals surface area contributed by atoms with E-state index in [0.29, 0.717) is 6.04 Å². The largest absolute Gasteiger partial charge is 0.359 e. The molecule has 23 heavy (non-hydrogen) atoms. The first-order chi connectivity index (χ1) is 11.2. The van der Waals surface area contributed by atoms with Gasteiger partial charge in [0.15, 0.2) is 5.11 Å². The first-order valence-electron chi connectivity index (χ1n) is 9.15. The molecule has 2 unspecified atom stereocenters. The number of nitrogens with one attached hydrogen (secondary N) is 3. The molecule has 2 fully saturated rings. The average Bonchev–Trinajstić information content (AvgIpc) is 2.48. The molecular formula is C19H30N3S+. The van der Waals surface area contributed by atoms with E-state index in [1.54, 1.807) is 0 Å². The Labute approximate surface area is 145 Å². The van der Waals surface area contributed by atoms with E-state index in [1.807, 2.05) is 4.90 Å². The zero-order valence-corrected chi connectivity index (χ0v) is 15.2. The number of quaternary nitrogens is 1. The Bertz CT molecular complexity index is 531. The SMILES string of the molecule is CCC[NH+]1[C@@H]2CCC[C@H]1CC(NC(=S)Nc1cccc(C)c1)C2. The van der Waals surface area contributed by atoms with Crippen molar-refractivity contribution in [3.05, 3.63) is 29.8 Å². The standard InChI is InChI=1S/C19H29N3S/c1-3-10-22-17-8-5-9-18(22)13-16(12-17)21-19(23)20-15-7-4-6-14(2)11-15/h4,6-7,11,16-18H,3,5,8-10,12-13H2,1-2H3,(H2,20,21,23)/p+1/t16?,17-,18+. The topological polar surface area (TPSA) is 28.5 Å². The predicted octanol–water partition coefficient (Wildman–Crippen LogP) is 2.66. The number of hydrogen-bond acceptors (Lipinski definition) is 1. The van der Waals surface area contributed by atoms with Crippen LogP contribution in [0.4, 0.5) is 5.69 Å². The summed E-state index contributed by atoms with van der Waals surface area (Å²) in [6, 6.07) is 10.6. The second-order valence-corrected chi connectivity index (χ2v) is 7.69. The molecule has 1 aromatic rings. The second-order valence-electron chi connectivity index (χ2n) is 7.29. The molecule has 3 N–H and O–H groups in total. The molecule has 4 atom stereocenters. The van der Waals surface area contributed by atoms with Gasteiger partial charge in [0.2, 0.25) is 0 Å². The monoisotopic (exact) mass is 332 g/mol. The third-order valence-electron chi connectivity index (χ3n) is 5.44. The Morgan fingerprint density at radius 1 is 1.26 bits per heavy atom. The summed E-state index contributed by atoms with van der Waals surface area (Å²) < 4.78 is 0. The lowest BCUT2D eigenvalue weighted by Gasteiger charge is -2.46. The third-order valence-corrected chi connectivity index (χ3v) is 5.66. The van der Waals surface area contributed by atoms with Crippen LogP contribution < -0.4 is 15.5 Å². The van der Waals surface area contributed by atoms with Gasteiger partial charge in [-0.1, -0.05) is 19.1 Å². The minimum atomic E-state index is 0.538. The highest BCUT2D eigenvalue weighted by Gasteiger charge is 2.41. The summed E-state index contributed by atoms with van der Waals surface area (Å²) in [5.41, 5.74) is 2.33. The summed E-state index contributed by atoms with van der Waals surface area (Å²) in [5.74, 6) is 0. The van der Waals surface area contributed by atoms with Gasteiger partial charge in [-0.05, 0) is 62.5 Å². The van der Waals surface area contributed by atoms with E-state index in [1.165, 1.54) is 50.6 Å². The number of fused-ring (bicyclic) bond motifs is 2.